The van der Waals surface area contributed by atoms with E-state index in [1.165, 1.54) is 6.07 Å². The molecule has 27 heavy (non-hydrogen) atoms. The molecular weight excluding hydrogens is 342 g/mol. The maximum Gasteiger partial charge on any atom is 0.254 e. The molecule has 2 aromatic rings. The summed E-state index contributed by atoms with van der Waals surface area (Å²) in [7, 11) is 1.72. The lowest BCUT2D eigenvalue weighted by atomic mass is 9.84. The normalized spacial score (nSPS) is 18.3. The van der Waals surface area contributed by atoms with Crippen LogP contribution in [0, 0.1) is 5.92 Å². The number of pyridine rings is 1. The summed E-state index contributed by atoms with van der Waals surface area (Å²) in [5.74, 6) is 0.310. The second-order valence-electron chi connectivity index (χ2n) is 7.57. The molecule has 0 bridgehead atoms. The minimum Gasteiger partial charge on any atom is -0.341 e. The minimum absolute atomic E-state index is 0.123. The Morgan fingerprint density at radius 1 is 0.963 bits per heavy atom. The standard InChI is InChI=1S/C21H25N3O3/c1-22-18-9-3-2-8-16(18)17(14-19(22)25)21(27)24-11-5-10-23(12-13-24)20(26)15-6-4-7-15/h2-3,8-9,14-15H,4-7,10-13H2,1H3. The van der Waals surface area contributed by atoms with Gasteiger partial charge in [-0.15, -0.1) is 0 Å². The van der Waals surface area contributed by atoms with Crippen molar-refractivity contribution in [2.24, 2.45) is 13.0 Å². The van der Waals surface area contributed by atoms with Gasteiger partial charge in [-0.1, -0.05) is 24.6 Å². The van der Waals surface area contributed by atoms with Gasteiger partial charge in [0.25, 0.3) is 11.5 Å². The number of fused-ring (bicyclic) bond motifs is 1. The van der Waals surface area contributed by atoms with E-state index >= 15 is 0 Å². The Bertz CT molecular complexity index is 945. The molecule has 1 aliphatic carbocycles. The Labute approximate surface area is 158 Å². The fraction of sp³-hybridized carbons (Fsp3) is 0.476. The lowest BCUT2D eigenvalue weighted by Gasteiger charge is -2.31. The lowest BCUT2D eigenvalue weighted by Crippen LogP contribution is -2.41. The van der Waals surface area contributed by atoms with Gasteiger partial charge >= 0.3 is 0 Å². The number of hydrogen-bond acceptors (Lipinski definition) is 3. The van der Waals surface area contributed by atoms with Crippen molar-refractivity contribution in [1.29, 1.82) is 0 Å². The Morgan fingerprint density at radius 3 is 2.41 bits per heavy atom. The Hall–Kier alpha value is -2.63. The summed E-state index contributed by atoms with van der Waals surface area (Å²) in [6, 6.07) is 8.92. The van der Waals surface area contributed by atoms with Gasteiger partial charge in [-0.3, -0.25) is 14.4 Å². The number of amides is 2. The zero-order valence-corrected chi connectivity index (χ0v) is 15.7. The second kappa shape index (κ2) is 7.18. The Kier molecular flexibility index (Phi) is 4.72. The van der Waals surface area contributed by atoms with Crippen LogP contribution in [0.3, 0.4) is 0 Å². The fourth-order valence-electron chi connectivity index (χ4n) is 4.01. The smallest absolute Gasteiger partial charge is 0.254 e. The molecule has 2 fully saturated rings. The SMILES string of the molecule is Cn1c(=O)cc(C(=O)N2CCCN(C(=O)C3CCC3)CC2)c2ccccc21. The first-order valence-corrected chi connectivity index (χ1v) is 9.73. The van der Waals surface area contributed by atoms with Crippen molar-refractivity contribution >= 4 is 22.7 Å². The molecule has 1 aromatic carbocycles. The van der Waals surface area contributed by atoms with E-state index in [1.807, 2.05) is 29.2 Å². The summed E-state index contributed by atoms with van der Waals surface area (Å²) in [6.07, 6.45) is 3.91. The number of aromatic nitrogens is 1. The summed E-state index contributed by atoms with van der Waals surface area (Å²) in [6.45, 7) is 2.40. The van der Waals surface area contributed by atoms with Crippen LogP contribution in [0.5, 0.6) is 0 Å². The molecule has 2 heterocycles. The number of hydrogen-bond donors (Lipinski definition) is 0. The molecule has 2 amide bonds. The van der Waals surface area contributed by atoms with Crippen LogP contribution in [0.4, 0.5) is 0 Å². The molecule has 6 nitrogen and oxygen atoms in total. The zero-order chi connectivity index (χ0) is 19.0. The van der Waals surface area contributed by atoms with Crippen molar-refractivity contribution in [1.82, 2.24) is 14.4 Å². The van der Waals surface area contributed by atoms with Crippen LogP contribution < -0.4 is 5.56 Å². The molecule has 142 valence electrons. The number of benzene rings is 1. The molecule has 0 atom stereocenters. The van der Waals surface area contributed by atoms with E-state index in [-0.39, 0.29) is 23.3 Å². The van der Waals surface area contributed by atoms with Crippen LogP contribution in [-0.4, -0.2) is 52.4 Å². The van der Waals surface area contributed by atoms with Crippen LogP contribution in [0.2, 0.25) is 0 Å². The van der Waals surface area contributed by atoms with Gasteiger partial charge in [-0.25, -0.2) is 0 Å². The maximum absolute atomic E-state index is 13.2. The van der Waals surface area contributed by atoms with Gasteiger partial charge in [0.1, 0.15) is 0 Å². The number of carbonyl (C=O) groups excluding carboxylic acids is 2. The van der Waals surface area contributed by atoms with Crippen molar-refractivity contribution in [3.8, 4) is 0 Å². The maximum atomic E-state index is 13.2. The summed E-state index contributed by atoms with van der Waals surface area (Å²) in [4.78, 5) is 41.7. The highest BCUT2D eigenvalue weighted by Gasteiger charge is 2.31. The number of aryl methyl sites for hydroxylation is 1. The molecule has 1 aromatic heterocycles. The van der Waals surface area contributed by atoms with Gasteiger partial charge in [0.15, 0.2) is 0 Å². The quantitative estimate of drug-likeness (QED) is 0.816. The van der Waals surface area contributed by atoms with E-state index in [1.54, 1.807) is 16.5 Å². The average Bonchev–Trinajstić information content (AvgIpc) is 2.89. The molecule has 0 N–H and O–H groups in total. The molecule has 0 spiro atoms. The first-order valence-electron chi connectivity index (χ1n) is 9.73. The van der Waals surface area contributed by atoms with Gasteiger partial charge in [-0.05, 0) is 25.3 Å². The summed E-state index contributed by atoms with van der Waals surface area (Å²) < 4.78 is 1.56. The fourth-order valence-corrected chi connectivity index (χ4v) is 4.01. The van der Waals surface area contributed by atoms with Crippen molar-refractivity contribution in [3.05, 3.63) is 46.2 Å². The van der Waals surface area contributed by atoms with Crippen molar-refractivity contribution in [3.63, 3.8) is 0 Å². The van der Waals surface area contributed by atoms with Crippen molar-refractivity contribution in [2.45, 2.75) is 25.7 Å². The molecule has 1 saturated heterocycles. The van der Waals surface area contributed by atoms with Crippen LogP contribution >= 0.6 is 0 Å². The Morgan fingerprint density at radius 2 is 1.67 bits per heavy atom. The van der Waals surface area contributed by atoms with Gasteiger partial charge in [-0.2, -0.15) is 0 Å². The first kappa shape index (κ1) is 17.8. The highest BCUT2D eigenvalue weighted by molar-refractivity contribution is 6.06. The largest absolute Gasteiger partial charge is 0.341 e. The third kappa shape index (κ3) is 3.24. The van der Waals surface area contributed by atoms with Crippen LogP contribution in [0.15, 0.2) is 35.1 Å². The van der Waals surface area contributed by atoms with E-state index in [9.17, 15) is 14.4 Å². The average molecular weight is 367 g/mol. The zero-order valence-electron chi connectivity index (χ0n) is 15.7. The van der Waals surface area contributed by atoms with E-state index in [2.05, 4.69) is 0 Å². The highest BCUT2D eigenvalue weighted by atomic mass is 16.2. The van der Waals surface area contributed by atoms with E-state index in [0.717, 1.165) is 36.6 Å². The Balaban J connectivity index is 1.57. The molecule has 4 rings (SSSR count). The van der Waals surface area contributed by atoms with Crippen LogP contribution in [-0.2, 0) is 11.8 Å². The molecule has 1 aliphatic heterocycles. The van der Waals surface area contributed by atoms with Crippen molar-refractivity contribution < 1.29 is 9.59 Å². The summed E-state index contributed by atoms with van der Waals surface area (Å²) >= 11 is 0. The first-order chi connectivity index (χ1) is 13.1. The predicted molar refractivity (Wildman–Crippen MR) is 104 cm³/mol. The van der Waals surface area contributed by atoms with Crippen molar-refractivity contribution in [2.75, 3.05) is 26.2 Å². The van der Waals surface area contributed by atoms with Gasteiger partial charge in [0.2, 0.25) is 5.91 Å². The minimum atomic E-state index is -0.186. The topological polar surface area (TPSA) is 62.6 Å². The molecule has 0 unspecified atom stereocenters. The lowest BCUT2D eigenvalue weighted by molar-refractivity contribution is -0.138. The summed E-state index contributed by atoms with van der Waals surface area (Å²) in [5, 5.41) is 0.788. The van der Waals surface area contributed by atoms with Crippen LogP contribution in [0.1, 0.15) is 36.0 Å². The molecule has 6 heteroatoms. The molecule has 0 radical (unpaired) electrons. The van der Waals surface area contributed by atoms with E-state index < -0.39 is 0 Å². The van der Waals surface area contributed by atoms with Gasteiger partial charge in [0, 0.05) is 50.6 Å². The van der Waals surface area contributed by atoms with Gasteiger partial charge in [0.05, 0.1) is 11.1 Å². The molecule has 1 saturated carbocycles. The third-order valence-electron chi connectivity index (χ3n) is 5.93. The second-order valence-corrected chi connectivity index (χ2v) is 7.57. The molecule has 2 aliphatic rings. The molecular formula is C21H25N3O3. The predicted octanol–water partition coefficient (Wildman–Crippen LogP) is 2.01. The number of rotatable bonds is 2. The number of para-hydroxylation sites is 1. The van der Waals surface area contributed by atoms with Crippen LogP contribution in [0.25, 0.3) is 10.9 Å². The number of nitrogens with zero attached hydrogens (tertiary/aromatic N) is 3. The van der Waals surface area contributed by atoms with E-state index in [4.69, 9.17) is 0 Å². The van der Waals surface area contributed by atoms with E-state index in [0.29, 0.717) is 31.7 Å². The summed E-state index contributed by atoms with van der Waals surface area (Å²) in [5.41, 5.74) is 1.02. The number of carbonyl (C=O) groups is 2. The highest BCUT2D eigenvalue weighted by Crippen LogP contribution is 2.28. The monoisotopic (exact) mass is 367 g/mol. The third-order valence-corrected chi connectivity index (χ3v) is 5.93. The van der Waals surface area contributed by atoms with Gasteiger partial charge < -0.3 is 14.4 Å².